The molecule has 68 valence electrons. The summed E-state index contributed by atoms with van der Waals surface area (Å²) in [5, 5.41) is 14.5. The Kier molecular flexibility index (Phi) is 3.55. The molecule has 1 atom stereocenters. The second kappa shape index (κ2) is 4.25. The number of rotatable bonds is 3. The van der Waals surface area contributed by atoms with Gasteiger partial charge in [-0.3, -0.25) is 4.68 Å². The van der Waals surface area contributed by atoms with Crippen molar-refractivity contribution < 1.29 is 5.11 Å². The summed E-state index contributed by atoms with van der Waals surface area (Å²) in [5.74, 6) is 0. The third-order valence-corrected chi connectivity index (χ3v) is 2.72. The molecule has 3 nitrogen and oxygen atoms in total. The van der Waals surface area contributed by atoms with Crippen molar-refractivity contribution in [3.05, 3.63) is 16.9 Å². The fraction of sp³-hybridized carbons (Fsp3) is 0.571. The van der Waals surface area contributed by atoms with Gasteiger partial charge in [-0.2, -0.15) is 5.10 Å². The lowest BCUT2D eigenvalue weighted by atomic mass is 10.4. The van der Waals surface area contributed by atoms with Gasteiger partial charge in [-0.25, -0.2) is 0 Å². The summed E-state index contributed by atoms with van der Waals surface area (Å²) in [6.07, 6.45) is 1.16. The van der Waals surface area contributed by atoms with Gasteiger partial charge in [0.2, 0.25) is 0 Å². The van der Waals surface area contributed by atoms with Crippen molar-refractivity contribution in [2.24, 2.45) is 0 Å². The molecule has 5 heteroatoms. The van der Waals surface area contributed by atoms with Crippen LogP contribution in [0.3, 0.4) is 0 Å². The number of aliphatic hydroxyl groups is 1. The Morgan fingerprint density at radius 2 is 2.50 bits per heavy atom. The highest BCUT2D eigenvalue weighted by molar-refractivity contribution is 9.09. The second-order valence-corrected chi connectivity index (χ2v) is 3.62. The highest BCUT2D eigenvalue weighted by Gasteiger charge is 2.07. The Hall–Kier alpha value is -0.0600. The topological polar surface area (TPSA) is 38.0 Å². The number of hydrogen-bond acceptors (Lipinski definition) is 2. The monoisotopic (exact) mass is 252 g/mol. The maximum Gasteiger partial charge on any atom is 0.0832 e. The van der Waals surface area contributed by atoms with E-state index in [9.17, 15) is 5.11 Å². The van der Waals surface area contributed by atoms with Gasteiger partial charge in [0.15, 0.2) is 0 Å². The summed E-state index contributed by atoms with van der Waals surface area (Å²) in [4.78, 5) is 0. The van der Waals surface area contributed by atoms with Crippen LogP contribution in [0.15, 0.2) is 6.20 Å². The van der Waals surface area contributed by atoms with Crippen molar-refractivity contribution >= 4 is 27.5 Å². The summed E-state index contributed by atoms with van der Waals surface area (Å²) in [7, 11) is 0. The molecule has 1 aromatic rings. The van der Waals surface area contributed by atoms with Gasteiger partial charge in [0, 0.05) is 5.33 Å². The zero-order valence-corrected chi connectivity index (χ0v) is 9.01. The SMILES string of the molecule is Cc1c(Cl)cnn1CC(O)CBr. The first kappa shape index (κ1) is 10.0. The number of alkyl halides is 1. The van der Waals surface area contributed by atoms with Gasteiger partial charge >= 0.3 is 0 Å². The molecule has 1 heterocycles. The molecule has 0 aliphatic heterocycles. The molecule has 1 N–H and O–H groups in total. The molecular formula is C7H10BrClN2O. The van der Waals surface area contributed by atoms with Crippen molar-refractivity contribution in [3.8, 4) is 0 Å². The van der Waals surface area contributed by atoms with Crippen LogP contribution in [-0.2, 0) is 6.54 Å². The predicted octanol–water partition coefficient (Wildman–Crippen LogP) is 1.60. The van der Waals surface area contributed by atoms with Crippen molar-refractivity contribution in [1.82, 2.24) is 9.78 Å². The molecule has 0 saturated heterocycles. The number of nitrogens with zero attached hydrogens (tertiary/aromatic N) is 2. The maximum absolute atomic E-state index is 9.29. The van der Waals surface area contributed by atoms with Crippen LogP contribution in [0, 0.1) is 6.92 Å². The molecule has 0 spiro atoms. The van der Waals surface area contributed by atoms with Gasteiger partial charge in [0.05, 0.1) is 29.6 Å². The van der Waals surface area contributed by atoms with E-state index in [-0.39, 0.29) is 0 Å². The van der Waals surface area contributed by atoms with Gasteiger partial charge in [0.1, 0.15) is 0 Å². The van der Waals surface area contributed by atoms with Crippen molar-refractivity contribution in [2.75, 3.05) is 5.33 Å². The highest BCUT2D eigenvalue weighted by atomic mass is 79.9. The highest BCUT2D eigenvalue weighted by Crippen LogP contribution is 2.13. The predicted molar refractivity (Wildman–Crippen MR) is 51.8 cm³/mol. The van der Waals surface area contributed by atoms with Crippen LogP contribution in [0.25, 0.3) is 0 Å². The minimum Gasteiger partial charge on any atom is -0.390 e. The lowest BCUT2D eigenvalue weighted by Gasteiger charge is -2.08. The van der Waals surface area contributed by atoms with Crippen molar-refractivity contribution in [3.63, 3.8) is 0 Å². The van der Waals surface area contributed by atoms with Gasteiger partial charge < -0.3 is 5.11 Å². The Balaban J connectivity index is 2.69. The lowest BCUT2D eigenvalue weighted by molar-refractivity contribution is 0.173. The van der Waals surface area contributed by atoms with Gasteiger partial charge in [-0.1, -0.05) is 27.5 Å². The quantitative estimate of drug-likeness (QED) is 0.831. The first-order valence-corrected chi connectivity index (χ1v) is 5.07. The largest absolute Gasteiger partial charge is 0.390 e. The van der Waals surface area contributed by atoms with Crippen LogP contribution < -0.4 is 0 Å². The second-order valence-electron chi connectivity index (χ2n) is 2.57. The average Bonchev–Trinajstić information content (AvgIpc) is 2.36. The summed E-state index contributed by atoms with van der Waals surface area (Å²) >= 11 is 8.96. The smallest absolute Gasteiger partial charge is 0.0832 e. The molecule has 0 aliphatic carbocycles. The molecule has 1 unspecified atom stereocenters. The third-order valence-electron chi connectivity index (χ3n) is 1.61. The number of halogens is 2. The molecule has 0 bridgehead atoms. The molecule has 1 rings (SSSR count). The third kappa shape index (κ3) is 2.21. The first-order valence-electron chi connectivity index (χ1n) is 3.57. The standard InChI is InChI=1S/C7H10BrClN2O/c1-5-7(9)3-10-11(5)4-6(12)2-8/h3,6,12H,2,4H2,1H3. The Morgan fingerprint density at radius 3 is 2.92 bits per heavy atom. The number of aromatic nitrogens is 2. The number of hydrogen-bond donors (Lipinski definition) is 1. The van der Waals surface area contributed by atoms with E-state index in [0.29, 0.717) is 16.9 Å². The molecule has 12 heavy (non-hydrogen) atoms. The summed E-state index contributed by atoms with van der Waals surface area (Å²) < 4.78 is 1.69. The molecule has 1 aromatic heterocycles. The van der Waals surface area contributed by atoms with Crippen LogP contribution >= 0.6 is 27.5 Å². The van der Waals surface area contributed by atoms with Crippen molar-refractivity contribution in [2.45, 2.75) is 19.6 Å². The zero-order valence-electron chi connectivity index (χ0n) is 6.67. The van der Waals surface area contributed by atoms with E-state index in [0.717, 1.165) is 5.69 Å². The van der Waals surface area contributed by atoms with E-state index in [1.165, 1.54) is 0 Å². The van der Waals surface area contributed by atoms with E-state index in [4.69, 9.17) is 11.6 Å². The Bertz CT molecular complexity index is 264. The zero-order chi connectivity index (χ0) is 9.14. The number of aliphatic hydroxyl groups excluding tert-OH is 1. The van der Waals surface area contributed by atoms with Crippen LogP contribution in [-0.4, -0.2) is 26.3 Å². The van der Waals surface area contributed by atoms with Gasteiger partial charge in [-0.05, 0) is 6.92 Å². The van der Waals surface area contributed by atoms with Crippen LogP contribution in [0.5, 0.6) is 0 Å². The Morgan fingerprint density at radius 1 is 1.83 bits per heavy atom. The molecule has 0 aliphatic rings. The summed E-state index contributed by atoms with van der Waals surface area (Å²) in [6.45, 7) is 2.35. The first-order chi connectivity index (χ1) is 5.65. The van der Waals surface area contributed by atoms with E-state index < -0.39 is 6.10 Å². The normalized spacial score (nSPS) is 13.3. The van der Waals surface area contributed by atoms with E-state index in [1.54, 1.807) is 10.9 Å². The van der Waals surface area contributed by atoms with Crippen LogP contribution in [0.4, 0.5) is 0 Å². The minimum absolute atomic E-state index is 0.417. The van der Waals surface area contributed by atoms with Gasteiger partial charge in [0.25, 0.3) is 0 Å². The van der Waals surface area contributed by atoms with Gasteiger partial charge in [-0.15, -0.1) is 0 Å². The van der Waals surface area contributed by atoms with E-state index >= 15 is 0 Å². The Labute approximate surface area is 84.5 Å². The van der Waals surface area contributed by atoms with Crippen LogP contribution in [0.1, 0.15) is 5.69 Å². The lowest BCUT2D eigenvalue weighted by Crippen LogP contribution is -2.18. The molecular weight excluding hydrogens is 243 g/mol. The molecule has 0 saturated carbocycles. The van der Waals surface area contributed by atoms with E-state index in [2.05, 4.69) is 21.0 Å². The maximum atomic E-state index is 9.29. The van der Waals surface area contributed by atoms with Crippen LogP contribution in [0.2, 0.25) is 5.02 Å². The van der Waals surface area contributed by atoms with Crippen molar-refractivity contribution in [1.29, 1.82) is 0 Å². The average molecular weight is 254 g/mol. The molecule has 0 fully saturated rings. The summed E-state index contributed by atoms with van der Waals surface area (Å²) in [6, 6.07) is 0. The molecule has 0 amide bonds. The fourth-order valence-corrected chi connectivity index (χ4v) is 1.20. The summed E-state index contributed by atoms with van der Waals surface area (Å²) in [5.41, 5.74) is 0.886. The van der Waals surface area contributed by atoms with E-state index in [1.807, 2.05) is 6.92 Å². The fourth-order valence-electron chi connectivity index (χ4n) is 0.856. The molecule has 0 radical (unpaired) electrons. The minimum atomic E-state index is -0.417. The molecule has 0 aromatic carbocycles.